The average Bonchev–Trinajstić information content (AvgIpc) is 3.18. The lowest BCUT2D eigenvalue weighted by molar-refractivity contribution is -0.115. The van der Waals surface area contributed by atoms with E-state index in [1.165, 1.54) is 5.56 Å². The Morgan fingerprint density at radius 1 is 1.26 bits per heavy atom. The number of nitrogens with one attached hydrogen (secondary N) is 1. The molecule has 0 aliphatic rings. The van der Waals surface area contributed by atoms with E-state index in [4.69, 9.17) is 4.52 Å². The fourth-order valence-electron chi connectivity index (χ4n) is 2.25. The second-order valence-corrected chi connectivity index (χ2v) is 6.61. The predicted octanol–water partition coefficient (Wildman–Crippen LogP) is 4.71. The van der Waals surface area contributed by atoms with Crippen molar-refractivity contribution in [1.29, 1.82) is 0 Å². The van der Waals surface area contributed by atoms with Gasteiger partial charge in [-0.15, -0.1) is 11.3 Å². The maximum absolute atomic E-state index is 12.1. The van der Waals surface area contributed by atoms with Crippen LogP contribution in [0.15, 0.2) is 52.4 Å². The Bertz CT molecular complexity index is 774. The van der Waals surface area contributed by atoms with Crippen LogP contribution in [0.4, 0.5) is 5.69 Å². The third-order valence-electron chi connectivity index (χ3n) is 3.53. The maximum Gasteiger partial charge on any atom is 0.230 e. The van der Waals surface area contributed by atoms with Gasteiger partial charge in [-0.3, -0.25) is 4.79 Å². The van der Waals surface area contributed by atoms with Crippen molar-refractivity contribution in [2.45, 2.75) is 26.2 Å². The molecule has 5 heteroatoms. The summed E-state index contributed by atoms with van der Waals surface area (Å²) in [6.45, 7) is 4.28. The summed E-state index contributed by atoms with van der Waals surface area (Å²) in [6, 6.07) is 13.6. The number of aromatic nitrogens is 1. The highest BCUT2D eigenvalue weighted by atomic mass is 32.1. The van der Waals surface area contributed by atoms with E-state index in [0.29, 0.717) is 17.4 Å². The zero-order chi connectivity index (χ0) is 16.2. The first-order chi connectivity index (χ1) is 11.1. The summed E-state index contributed by atoms with van der Waals surface area (Å²) in [4.78, 5) is 13.1. The molecule has 118 valence electrons. The number of amides is 1. The van der Waals surface area contributed by atoms with Crippen LogP contribution in [0.2, 0.25) is 0 Å². The molecule has 0 fully saturated rings. The molecule has 0 unspecified atom stereocenters. The Hall–Kier alpha value is -2.40. The first-order valence-electron chi connectivity index (χ1n) is 7.51. The predicted molar refractivity (Wildman–Crippen MR) is 92.7 cm³/mol. The summed E-state index contributed by atoms with van der Waals surface area (Å²) in [5, 5.41) is 8.82. The van der Waals surface area contributed by atoms with Gasteiger partial charge in [0.25, 0.3) is 0 Å². The van der Waals surface area contributed by atoms with Crippen molar-refractivity contribution >= 4 is 22.9 Å². The van der Waals surface area contributed by atoms with Gasteiger partial charge in [0.1, 0.15) is 0 Å². The normalized spacial score (nSPS) is 10.9. The number of rotatable bonds is 5. The van der Waals surface area contributed by atoms with Crippen LogP contribution >= 0.6 is 11.3 Å². The number of nitrogens with zero attached hydrogens (tertiary/aromatic N) is 1. The van der Waals surface area contributed by atoms with Crippen molar-refractivity contribution in [3.63, 3.8) is 0 Å². The van der Waals surface area contributed by atoms with Gasteiger partial charge in [0.05, 0.1) is 17.0 Å². The third kappa shape index (κ3) is 3.87. The standard InChI is InChI=1S/C18H18N2O2S/c1-12(2)13-5-7-14(8-6-13)19-18(21)11-15-10-16(22-20-15)17-4-3-9-23-17/h3-10,12H,11H2,1-2H3,(H,19,21). The lowest BCUT2D eigenvalue weighted by atomic mass is 10.0. The van der Waals surface area contributed by atoms with E-state index in [0.717, 1.165) is 10.6 Å². The number of benzene rings is 1. The fourth-order valence-corrected chi connectivity index (χ4v) is 2.92. The molecule has 3 rings (SSSR count). The van der Waals surface area contributed by atoms with Crippen molar-refractivity contribution in [2.75, 3.05) is 5.32 Å². The molecule has 4 nitrogen and oxygen atoms in total. The van der Waals surface area contributed by atoms with Crippen molar-refractivity contribution in [1.82, 2.24) is 5.16 Å². The maximum atomic E-state index is 12.1. The van der Waals surface area contributed by atoms with Crippen molar-refractivity contribution in [3.05, 3.63) is 59.1 Å². The minimum Gasteiger partial charge on any atom is -0.355 e. The van der Waals surface area contributed by atoms with E-state index in [1.54, 1.807) is 11.3 Å². The molecule has 2 aromatic heterocycles. The number of carbonyl (C=O) groups excluding carboxylic acids is 1. The molecule has 3 aromatic rings. The molecule has 0 atom stereocenters. The molecule has 1 aromatic carbocycles. The van der Waals surface area contributed by atoms with Gasteiger partial charge in [-0.05, 0) is 35.1 Å². The summed E-state index contributed by atoms with van der Waals surface area (Å²) in [7, 11) is 0. The summed E-state index contributed by atoms with van der Waals surface area (Å²) in [5.41, 5.74) is 2.67. The van der Waals surface area contributed by atoms with Gasteiger partial charge >= 0.3 is 0 Å². The smallest absolute Gasteiger partial charge is 0.230 e. The molecule has 2 heterocycles. The van der Waals surface area contributed by atoms with Crippen molar-refractivity contribution < 1.29 is 9.32 Å². The number of anilines is 1. The average molecular weight is 326 g/mol. The van der Waals surface area contributed by atoms with Gasteiger partial charge in [-0.1, -0.05) is 37.2 Å². The van der Waals surface area contributed by atoms with E-state index in [-0.39, 0.29) is 12.3 Å². The molecular weight excluding hydrogens is 308 g/mol. The second-order valence-electron chi connectivity index (χ2n) is 5.66. The fraction of sp³-hybridized carbons (Fsp3) is 0.222. The highest BCUT2D eigenvalue weighted by Gasteiger charge is 2.11. The zero-order valence-corrected chi connectivity index (χ0v) is 13.9. The number of thiophene rings is 1. The molecule has 0 radical (unpaired) electrons. The van der Waals surface area contributed by atoms with Crippen molar-refractivity contribution in [3.8, 4) is 10.6 Å². The number of hydrogen-bond acceptors (Lipinski definition) is 4. The molecular formula is C18H18N2O2S. The highest BCUT2D eigenvalue weighted by molar-refractivity contribution is 7.13. The lowest BCUT2D eigenvalue weighted by Crippen LogP contribution is -2.14. The van der Waals surface area contributed by atoms with Crippen LogP contribution in [0.5, 0.6) is 0 Å². The van der Waals surface area contributed by atoms with Crippen LogP contribution in [0.1, 0.15) is 31.0 Å². The Labute approximate surface area is 139 Å². The molecule has 1 amide bonds. The number of hydrogen-bond donors (Lipinski definition) is 1. The minimum atomic E-state index is -0.103. The first-order valence-corrected chi connectivity index (χ1v) is 8.39. The van der Waals surface area contributed by atoms with Gasteiger partial charge in [-0.25, -0.2) is 0 Å². The van der Waals surface area contributed by atoms with Crippen LogP contribution in [0.25, 0.3) is 10.6 Å². The molecule has 0 aliphatic carbocycles. The lowest BCUT2D eigenvalue weighted by Gasteiger charge is -2.07. The SMILES string of the molecule is CC(C)c1ccc(NC(=O)Cc2cc(-c3cccs3)on2)cc1. The van der Waals surface area contributed by atoms with Gasteiger partial charge in [0.15, 0.2) is 5.76 Å². The van der Waals surface area contributed by atoms with Gasteiger partial charge in [-0.2, -0.15) is 0 Å². The minimum absolute atomic E-state index is 0.103. The summed E-state index contributed by atoms with van der Waals surface area (Å²) < 4.78 is 5.28. The van der Waals surface area contributed by atoms with E-state index in [1.807, 2.05) is 47.8 Å². The van der Waals surface area contributed by atoms with E-state index in [9.17, 15) is 4.79 Å². The quantitative estimate of drug-likeness (QED) is 0.739. The Morgan fingerprint density at radius 2 is 2.04 bits per heavy atom. The zero-order valence-electron chi connectivity index (χ0n) is 13.1. The number of carbonyl (C=O) groups is 1. The van der Waals surface area contributed by atoms with Crippen LogP contribution in [-0.4, -0.2) is 11.1 Å². The largest absolute Gasteiger partial charge is 0.355 e. The van der Waals surface area contributed by atoms with Crippen LogP contribution < -0.4 is 5.32 Å². The van der Waals surface area contributed by atoms with Crippen LogP contribution in [-0.2, 0) is 11.2 Å². The van der Waals surface area contributed by atoms with Crippen molar-refractivity contribution in [2.24, 2.45) is 0 Å². The highest BCUT2D eigenvalue weighted by Crippen LogP contribution is 2.25. The molecule has 0 saturated heterocycles. The van der Waals surface area contributed by atoms with Gasteiger partial charge in [0.2, 0.25) is 5.91 Å². The third-order valence-corrected chi connectivity index (χ3v) is 4.41. The summed E-state index contributed by atoms with van der Waals surface area (Å²) in [5.74, 6) is 1.07. The monoisotopic (exact) mass is 326 g/mol. The second kappa shape index (κ2) is 6.79. The Morgan fingerprint density at radius 3 is 2.70 bits per heavy atom. The van der Waals surface area contributed by atoms with E-state index >= 15 is 0 Å². The van der Waals surface area contributed by atoms with E-state index in [2.05, 4.69) is 24.3 Å². The van der Waals surface area contributed by atoms with Crippen LogP contribution in [0, 0.1) is 0 Å². The molecule has 23 heavy (non-hydrogen) atoms. The Balaban J connectivity index is 1.61. The topological polar surface area (TPSA) is 55.1 Å². The van der Waals surface area contributed by atoms with Crippen LogP contribution in [0.3, 0.4) is 0 Å². The molecule has 0 bridgehead atoms. The van der Waals surface area contributed by atoms with Gasteiger partial charge < -0.3 is 9.84 Å². The Kier molecular flexibility index (Phi) is 4.57. The van der Waals surface area contributed by atoms with Gasteiger partial charge in [0, 0.05) is 11.8 Å². The molecule has 0 aliphatic heterocycles. The first kappa shape index (κ1) is 15.5. The van der Waals surface area contributed by atoms with E-state index < -0.39 is 0 Å². The molecule has 0 spiro atoms. The molecule has 0 saturated carbocycles. The molecule has 1 N–H and O–H groups in total. The summed E-state index contributed by atoms with van der Waals surface area (Å²) >= 11 is 1.58. The summed E-state index contributed by atoms with van der Waals surface area (Å²) in [6.07, 6.45) is 0.195.